The van der Waals surface area contributed by atoms with Gasteiger partial charge in [0.2, 0.25) is 0 Å². The summed E-state index contributed by atoms with van der Waals surface area (Å²) >= 11 is 4.95. The lowest BCUT2D eigenvalue weighted by Gasteiger charge is -2.28. The smallest absolute Gasteiger partial charge is 0.315 e. The Morgan fingerprint density at radius 3 is 2.76 bits per heavy atom. The molecule has 1 aromatic rings. The largest absolute Gasteiger partial charge is 0.481 e. The second-order valence-corrected chi connectivity index (χ2v) is 8.30. The van der Waals surface area contributed by atoms with Gasteiger partial charge in [-0.3, -0.25) is 4.79 Å². The number of halogens is 1. The van der Waals surface area contributed by atoms with Crippen LogP contribution in [-0.2, 0) is 11.3 Å². The summed E-state index contributed by atoms with van der Waals surface area (Å²) in [5, 5.41) is 15.0. The molecule has 4 atom stereocenters. The maximum Gasteiger partial charge on any atom is 0.315 e. The molecule has 5 nitrogen and oxygen atoms in total. The molecule has 7 heteroatoms. The normalized spacial score (nSPS) is 30.3. The van der Waals surface area contributed by atoms with E-state index in [1.165, 1.54) is 0 Å². The zero-order chi connectivity index (χ0) is 15.0. The van der Waals surface area contributed by atoms with Crippen molar-refractivity contribution in [1.82, 2.24) is 10.6 Å². The van der Waals surface area contributed by atoms with Crippen LogP contribution in [0.25, 0.3) is 0 Å². The number of carboxylic acids is 1. The fraction of sp³-hybridized carbons (Fsp3) is 0.571. The highest BCUT2D eigenvalue weighted by atomic mass is 79.9. The molecule has 3 N–H and O–H groups in total. The molecule has 0 saturated heterocycles. The minimum atomic E-state index is -0.783. The molecule has 0 aromatic carbocycles. The molecule has 2 amide bonds. The van der Waals surface area contributed by atoms with Crippen LogP contribution >= 0.6 is 27.3 Å². The summed E-state index contributed by atoms with van der Waals surface area (Å²) in [6.07, 6.45) is 2.93. The number of carboxylic acid groups (broad SMARTS) is 1. The van der Waals surface area contributed by atoms with Gasteiger partial charge in [0.15, 0.2) is 0 Å². The van der Waals surface area contributed by atoms with Crippen molar-refractivity contribution < 1.29 is 14.7 Å². The van der Waals surface area contributed by atoms with Gasteiger partial charge < -0.3 is 15.7 Å². The standard InChI is InChI=1S/C14H17BrN2O3S/c15-10-4-3-9(21-10)6-16-14(20)17-12-8-2-1-7(5-8)11(12)13(18)19/h3-4,7-8,11-12H,1-2,5-6H2,(H,18,19)(H2,16,17,20). The average molecular weight is 373 g/mol. The number of carbonyl (C=O) groups excluding carboxylic acids is 1. The van der Waals surface area contributed by atoms with Crippen LogP contribution in [0.4, 0.5) is 4.79 Å². The van der Waals surface area contributed by atoms with Crippen molar-refractivity contribution in [2.75, 3.05) is 0 Å². The second kappa shape index (κ2) is 5.96. The lowest BCUT2D eigenvalue weighted by Crippen LogP contribution is -2.50. The number of carbonyl (C=O) groups is 2. The molecule has 1 heterocycles. The van der Waals surface area contributed by atoms with Gasteiger partial charge in [-0.05, 0) is 59.2 Å². The summed E-state index contributed by atoms with van der Waals surface area (Å²) < 4.78 is 1.03. The van der Waals surface area contributed by atoms with E-state index in [2.05, 4.69) is 26.6 Å². The minimum Gasteiger partial charge on any atom is -0.481 e. The summed E-state index contributed by atoms with van der Waals surface area (Å²) in [6, 6.07) is 3.39. The highest BCUT2D eigenvalue weighted by Gasteiger charge is 2.51. The van der Waals surface area contributed by atoms with Gasteiger partial charge in [-0.2, -0.15) is 0 Å². The Bertz CT molecular complexity index is 562. The van der Waals surface area contributed by atoms with Crippen LogP contribution in [0.2, 0.25) is 0 Å². The van der Waals surface area contributed by atoms with E-state index in [-0.39, 0.29) is 18.0 Å². The molecule has 114 valence electrons. The Morgan fingerprint density at radius 1 is 1.33 bits per heavy atom. The Balaban J connectivity index is 1.55. The number of nitrogens with one attached hydrogen (secondary N) is 2. The summed E-state index contributed by atoms with van der Waals surface area (Å²) in [5.74, 6) is -0.663. The van der Waals surface area contributed by atoms with E-state index in [1.807, 2.05) is 12.1 Å². The van der Waals surface area contributed by atoms with E-state index in [0.717, 1.165) is 27.9 Å². The molecular formula is C14H17BrN2O3S. The molecular weight excluding hydrogens is 356 g/mol. The lowest BCUT2D eigenvalue weighted by molar-refractivity contribution is -0.144. The van der Waals surface area contributed by atoms with Gasteiger partial charge in [-0.25, -0.2) is 4.79 Å². The molecule has 2 bridgehead atoms. The molecule has 1 aromatic heterocycles. The third-order valence-electron chi connectivity index (χ3n) is 4.55. The fourth-order valence-corrected chi connectivity index (χ4v) is 5.09. The van der Waals surface area contributed by atoms with E-state index >= 15 is 0 Å². The van der Waals surface area contributed by atoms with Crippen LogP contribution in [-0.4, -0.2) is 23.1 Å². The number of hydrogen-bond donors (Lipinski definition) is 3. The third kappa shape index (κ3) is 3.08. The molecule has 2 aliphatic rings. The van der Waals surface area contributed by atoms with Gasteiger partial charge in [0.05, 0.1) is 16.2 Å². The number of aliphatic carboxylic acids is 1. The van der Waals surface area contributed by atoms with Gasteiger partial charge in [-0.15, -0.1) is 11.3 Å². The molecule has 4 unspecified atom stereocenters. The molecule has 2 saturated carbocycles. The first-order chi connectivity index (χ1) is 10.0. The zero-order valence-electron chi connectivity index (χ0n) is 11.3. The van der Waals surface area contributed by atoms with Crippen molar-refractivity contribution in [2.45, 2.75) is 31.8 Å². The fourth-order valence-electron chi connectivity index (χ4n) is 3.67. The first kappa shape index (κ1) is 14.8. The topological polar surface area (TPSA) is 78.4 Å². The predicted octanol–water partition coefficient (Wildman–Crippen LogP) is 2.81. The Kier molecular flexibility index (Phi) is 4.21. The summed E-state index contributed by atoms with van der Waals surface area (Å²) in [7, 11) is 0. The zero-order valence-corrected chi connectivity index (χ0v) is 13.7. The number of fused-ring (bicyclic) bond motifs is 2. The Hall–Kier alpha value is -1.08. The van der Waals surface area contributed by atoms with E-state index in [9.17, 15) is 14.7 Å². The minimum absolute atomic E-state index is 0.226. The number of rotatable bonds is 4. The molecule has 0 spiro atoms. The summed E-state index contributed by atoms with van der Waals surface area (Å²) in [5.41, 5.74) is 0. The number of hydrogen-bond acceptors (Lipinski definition) is 3. The van der Waals surface area contributed by atoms with Crippen molar-refractivity contribution in [3.05, 3.63) is 20.8 Å². The lowest BCUT2D eigenvalue weighted by atomic mass is 9.84. The quantitative estimate of drug-likeness (QED) is 0.760. The summed E-state index contributed by atoms with van der Waals surface area (Å²) in [6.45, 7) is 0.459. The number of amides is 2. The van der Waals surface area contributed by atoms with Gasteiger partial charge >= 0.3 is 12.0 Å². The van der Waals surface area contributed by atoms with Crippen molar-refractivity contribution in [2.24, 2.45) is 17.8 Å². The third-order valence-corrected chi connectivity index (χ3v) is 6.17. The maximum absolute atomic E-state index is 12.0. The van der Waals surface area contributed by atoms with Crippen molar-refractivity contribution in [3.63, 3.8) is 0 Å². The highest BCUT2D eigenvalue weighted by Crippen LogP contribution is 2.48. The van der Waals surface area contributed by atoms with Gasteiger partial charge in [0, 0.05) is 10.9 Å². The summed E-state index contributed by atoms with van der Waals surface area (Å²) in [4.78, 5) is 24.4. The van der Waals surface area contributed by atoms with Crippen molar-refractivity contribution in [3.8, 4) is 0 Å². The number of thiophene rings is 1. The monoisotopic (exact) mass is 372 g/mol. The molecule has 2 fully saturated rings. The van der Waals surface area contributed by atoms with E-state index in [4.69, 9.17) is 0 Å². The van der Waals surface area contributed by atoms with Crippen molar-refractivity contribution in [1.29, 1.82) is 0 Å². The Morgan fingerprint density at radius 2 is 2.10 bits per heavy atom. The second-order valence-electron chi connectivity index (χ2n) is 5.76. The predicted molar refractivity (Wildman–Crippen MR) is 83.1 cm³/mol. The van der Waals surface area contributed by atoms with Crippen LogP contribution in [0.3, 0.4) is 0 Å². The van der Waals surface area contributed by atoms with Crippen LogP contribution < -0.4 is 10.6 Å². The van der Waals surface area contributed by atoms with E-state index in [0.29, 0.717) is 12.5 Å². The van der Waals surface area contributed by atoms with Gasteiger partial charge in [-0.1, -0.05) is 0 Å². The van der Waals surface area contributed by atoms with Gasteiger partial charge in [0.25, 0.3) is 0 Å². The molecule has 0 radical (unpaired) electrons. The van der Waals surface area contributed by atoms with Crippen LogP contribution in [0, 0.1) is 17.8 Å². The maximum atomic E-state index is 12.0. The van der Waals surface area contributed by atoms with Crippen molar-refractivity contribution >= 4 is 39.3 Å². The van der Waals surface area contributed by atoms with Crippen LogP contribution in [0.15, 0.2) is 15.9 Å². The SMILES string of the molecule is O=C(NCc1ccc(Br)s1)NC1C2CCC(C2)C1C(=O)O. The van der Waals surface area contributed by atoms with E-state index in [1.54, 1.807) is 11.3 Å². The molecule has 2 aliphatic carbocycles. The first-order valence-corrected chi connectivity index (χ1v) is 8.67. The Labute approximate surface area is 135 Å². The number of urea groups is 1. The van der Waals surface area contributed by atoms with Crippen LogP contribution in [0.5, 0.6) is 0 Å². The average Bonchev–Trinajstić information content (AvgIpc) is 3.11. The molecule has 3 rings (SSSR count). The molecule has 0 aliphatic heterocycles. The van der Waals surface area contributed by atoms with Crippen LogP contribution in [0.1, 0.15) is 24.1 Å². The molecule has 21 heavy (non-hydrogen) atoms. The van der Waals surface area contributed by atoms with E-state index < -0.39 is 11.9 Å². The van der Waals surface area contributed by atoms with Gasteiger partial charge in [0.1, 0.15) is 0 Å². The highest BCUT2D eigenvalue weighted by molar-refractivity contribution is 9.11. The first-order valence-electron chi connectivity index (χ1n) is 7.06.